The molecule has 1 aromatic rings. The fourth-order valence-corrected chi connectivity index (χ4v) is 1.16. The van der Waals surface area contributed by atoms with Crippen LogP contribution in [0, 0.1) is 12.3 Å². The average molecular weight is 221 g/mol. The maximum absolute atomic E-state index is 11.2. The minimum Gasteiger partial charge on any atom is -0.355 e. The Kier molecular flexibility index (Phi) is 5.02. The molecule has 0 radical (unpaired) electrons. The normalized spacial score (nSPS) is 9.75. The number of hydrogen-bond acceptors (Lipinski definition) is 4. The van der Waals surface area contributed by atoms with Gasteiger partial charge >= 0.3 is 0 Å². The van der Waals surface area contributed by atoms with Gasteiger partial charge in [0.15, 0.2) is 0 Å². The molecule has 0 saturated heterocycles. The summed E-state index contributed by atoms with van der Waals surface area (Å²) in [7, 11) is 1.87. The SMILES string of the molecule is C#CCNCC(=O)NCCc1nncn1C. The number of nitrogens with one attached hydrogen (secondary N) is 2. The number of carbonyl (C=O) groups excluding carboxylic acids is 1. The zero-order chi connectivity index (χ0) is 11.8. The van der Waals surface area contributed by atoms with Crippen molar-refractivity contribution < 1.29 is 4.79 Å². The second kappa shape index (κ2) is 6.58. The van der Waals surface area contributed by atoms with Crippen molar-refractivity contribution in [3.05, 3.63) is 12.2 Å². The molecule has 6 nitrogen and oxygen atoms in total. The van der Waals surface area contributed by atoms with Crippen molar-refractivity contribution in [3.63, 3.8) is 0 Å². The summed E-state index contributed by atoms with van der Waals surface area (Å²) >= 11 is 0. The molecular weight excluding hydrogens is 206 g/mol. The minimum absolute atomic E-state index is 0.0718. The van der Waals surface area contributed by atoms with Crippen molar-refractivity contribution in [2.75, 3.05) is 19.6 Å². The molecule has 86 valence electrons. The largest absolute Gasteiger partial charge is 0.355 e. The molecule has 1 rings (SSSR count). The van der Waals surface area contributed by atoms with Gasteiger partial charge in [0.2, 0.25) is 5.91 Å². The molecule has 2 N–H and O–H groups in total. The van der Waals surface area contributed by atoms with Gasteiger partial charge in [0, 0.05) is 20.0 Å². The zero-order valence-electron chi connectivity index (χ0n) is 9.23. The first-order valence-electron chi connectivity index (χ1n) is 4.97. The molecule has 1 heterocycles. The quantitative estimate of drug-likeness (QED) is 0.462. The van der Waals surface area contributed by atoms with E-state index in [-0.39, 0.29) is 12.5 Å². The maximum Gasteiger partial charge on any atom is 0.233 e. The number of amides is 1. The minimum atomic E-state index is -0.0718. The summed E-state index contributed by atoms with van der Waals surface area (Å²) < 4.78 is 1.82. The Labute approximate surface area is 94.4 Å². The van der Waals surface area contributed by atoms with Gasteiger partial charge in [-0.15, -0.1) is 16.6 Å². The Morgan fingerprint density at radius 1 is 1.69 bits per heavy atom. The third kappa shape index (κ3) is 4.11. The van der Waals surface area contributed by atoms with Gasteiger partial charge in [0.1, 0.15) is 12.2 Å². The lowest BCUT2D eigenvalue weighted by molar-refractivity contribution is -0.120. The molecule has 0 spiro atoms. The molecule has 6 heteroatoms. The highest BCUT2D eigenvalue weighted by Crippen LogP contribution is 1.90. The average Bonchev–Trinajstić information content (AvgIpc) is 2.65. The van der Waals surface area contributed by atoms with Crippen LogP contribution in [0.4, 0.5) is 0 Å². The topological polar surface area (TPSA) is 71.8 Å². The molecule has 1 aromatic heterocycles. The molecule has 0 fully saturated rings. The number of rotatable bonds is 6. The summed E-state index contributed by atoms with van der Waals surface area (Å²) in [4.78, 5) is 11.2. The summed E-state index contributed by atoms with van der Waals surface area (Å²) in [5, 5.41) is 13.2. The van der Waals surface area contributed by atoms with E-state index in [1.54, 1.807) is 6.33 Å². The number of nitrogens with zero attached hydrogens (tertiary/aromatic N) is 3. The standard InChI is InChI=1S/C10H15N5O/c1-3-5-11-7-10(16)12-6-4-9-14-13-8-15(9)2/h1,8,11H,4-7H2,2H3,(H,12,16). The summed E-state index contributed by atoms with van der Waals surface area (Å²) in [6, 6.07) is 0. The molecule has 0 aliphatic rings. The Bertz CT molecular complexity index is 379. The Hall–Kier alpha value is -1.87. The van der Waals surface area contributed by atoms with Gasteiger partial charge in [-0.05, 0) is 0 Å². The lowest BCUT2D eigenvalue weighted by Crippen LogP contribution is -2.35. The number of aromatic nitrogens is 3. The molecule has 0 bridgehead atoms. The Morgan fingerprint density at radius 3 is 3.12 bits per heavy atom. The van der Waals surface area contributed by atoms with Crippen LogP contribution in [0.15, 0.2) is 6.33 Å². The third-order valence-electron chi connectivity index (χ3n) is 1.99. The fraction of sp³-hybridized carbons (Fsp3) is 0.500. The van der Waals surface area contributed by atoms with Crippen LogP contribution in [0.5, 0.6) is 0 Å². The van der Waals surface area contributed by atoms with Crippen LogP contribution in [0.2, 0.25) is 0 Å². The monoisotopic (exact) mass is 221 g/mol. The first kappa shape index (κ1) is 12.2. The third-order valence-corrected chi connectivity index (χ3v) is 1.99. The first-order chi connectivity index (χ1) is 7.74. The van der Waals surface area contributed by atoms with E-state index in [1.807, 2.05) is 11.6 Å². The van der Waals surface area contributed by atoms with Gasteiger partial charge < -0.3 is 9.88 Å². The number of aryl methyl sites for hydroxylation is 1. The van der Waals surface area contributed by atoms with Gasteiger partial charge in [-0.25, -0.2) is 0 Å². The van der Waals surface area contributed by atoms with E-state index in [9.17, 15) is 4.79 Å². The molecule has 0 aromatic carbocycles. The maximum atomic E-state index is 11.2. The van der Waals surface area contributed by atoms with E-state index in [0.29, 0.717) is 19.5 Å². The number of carbonyl (C=O) groups is 1. The van der Waals surface area contributed by atoms with E-state index < -0.39 is 0 Å². The van der Waals surface area contributed by atoms with Gasteiger partial charge in [-0.3, -0.25) is 10.1 Å². The highest BCUT2D eigenvalue weighted by Gasteiger charge is 2.02. The van der Waals surface area contributed by atoms with Gasteiger partial charge in [0.25, 0.3) is 0 Å². The van der Waals surface area contributed by atoms with Crippen molar-refractivity contribution in [2.24, 2.45) is 7.05 Å². The van der Waals surface area contributed by atoms with Crippen molar-refractivity contribution >= 4 is 5.91 Å². The lowest BCUT2D eigenvalue weighted by Gasteiger charge is -2.04. The predicted molar refractivity (Wildman–Crippen MR) is 59.4 cm³/mol. The first-order valence-corrected chi connectivity index (χ1v) is 4.97. The number of hydrogen-bond donors (Lipinski definition) is 2. The zero-order valence-corrected chi connectivity index (χ0v) is 9.23. The summed E-state index contributed by atoms with van der Waals surface area (Å²) in [6.45, 7) is 1.18. The molecule has 0 unspecified atom stereocenters. The van der Waals surface area contributed by atoms with Crippen LogP contribution in [0.1, 0.15) is 5.82 Å². The van der Waals surface area contributed by atoms with Crippen LogP contribution >= 0.6 is 0 Å². The molecule has 0 atom stereocenters. The van der Waals surface area contributed by atoms with E-state index >= 15 is 0 Å². The molecular formula is C10H15N5O. The van der Waals surface area contributed by atoms with Crippen LogP contribution in [0.3, 0.4) is 0 Å². The summed E-state index contributed by atoms with van der Waals surface area (Å²) in [6.07, 6.45) is 7.33. The van der Waals surface area contributed by atoms with E-state index in [0.717, 1.165) is 5.82 Å². The van der Waals surface area contributed by atoms with Crippen LogP contribution in [-0.2, 0) is 18.3 Å². The predicted octanol–water partition coefficient (Wildman–Crippen LogP) is -1.30. The van der Waals surface area contributed by atoms with Gasteiger partial charge in [0.05, 0.1) is 13.1 Å². The van der Waals surface area contributed by atoms with Gasteiger partial charge in [-0.1, -0.05) is 5.92 Å². The van der Waals surface area contributed by atoms with E-state index in [2.05, 4.69) is 26.8 Å². The van der Waals surface area contributed by atoms with Crippen molar-refractivity contribution in [2.45, 2.75) is 6.42 Å². The number of terminal acetylenes is 1. The molecule has 0 aliphatic carbocycles. The lowest BCUT2D eigenvalue weighted by atomic mass is 10.4. The fourth-order valence-electron chi connectivity index (χ4n) is 1.16. The highest BCUT2D eigenvalue weighted by molar-refractivity contribution is 5.77. The van der Waals surface area contributed by atoms with E-state index in [4.69, 9.17) is 6.42 Å². The summed E-state index contributed by atoms with van der Waals surface area (Å²) in [5.74, 6) is 3.17. The van der Waals surface area contributed by atoms with Crippen LogP contribution < -0.4 is 10.6 Å². The van der Waals surface area contributed by atoms with Crippen LogP contribution in [-0.4, -0.2) is 40.3 Å². The second-order valence-electron chi connectivity index (χ2n) is 3.27. The van der Waals surface area contributed by atoms with E-state index in [1.165, 1.54) is 0 Å². The van der Waals surface area contributed by atoms with Crippen molar-refractivity contribution in [1.82, 2.24) is 25.4 Å². The molecule has 0 aliphatic heterocycles. The second-order valence-corrected chi connectivity index (χ2v) is 3.27. The Morgan fingerprint density at radius 2 is 2.50 bits per heavy atom. The molecule has 16 heavy (non-hydrogen) atoms. The smallest absolute Gasteiger partial charge is 0.233 e. The Balaban J connectivity index is 2.14. The summed E-state index contributed by atoms with van der Waals surface area (Å²) in [5.41, 5.74) is 0. The molecule has 0 saturated carbocycles. The molecule has 1 amide bonds. The van der Waals surface area contributed by atoms with Crippen LogP contribution in [0.25, 0.3) is 0 Å². The van der Waals surface area contributed by atoms with Gasteiger partial charge in [-0.2, -0.15) is 0 Å². The highest BCUT2D eigenvalue weighted by atomic mass is 16.1. The van der Waals surface area contributed by atoms with Crippen molar-refractivity contribution in [1.29, 1.82) is 0 Å². The van der Waals surface area contributed by atoms with Crippen molar-refractivity contribution in [3.8, 4) is 12.3 Å².